The van der Waals surface area contributed by atoms with Gasteiger partial charge in [0.2, 0.25) is 5.95 Å². The summed E-state index contributed by atoms with van der Waals surface area (Å²) in [6, 6.07) is 0.422. The number of nitrogens with zero attached hydrogens (tertiary/aromatic N) is 7. The van der Waals surface area contributed by atoms with E-state index in [9.17, 15) is 26.3 Å². The second-order valence-corrected chi connectivity index (χ2v) is 9.36. The molecule has 0 aliphatic carbocycles. The molecule has 3 aromatic rings. The molecule has 3 atom stereocenters. The van der Waals surface area contributed by atoms with Gasteiger partial charge in [-0.15, -0.1) is 0 Å². The molecule has 1 N–H and O–H groups in total. The maximum Gasteiger partial charge on any atom is 0.432 e. The summed E-state index contributed by atoms with van der Waals surface area (Å²) in [6.45, 7) is 2.49. The number of likely N-dealkylation sites (N-methyl/N-ethyl adjacent to an activating group) is 1. The highest BCUT2D eigenvalue weighted by molar-refractivity contribution is 6.00. The predicted molar refractivity (Wildman–Crippen MR) is 126 cm³/mol. The molecule has 0 spiro atoms. The quantitative estimate of drug-likeness (QED) is 0.476. The predicted octanol–water partition coefficient (Wildman–Crippen LogP) is 4.59. The lowest BCUT2D eigenvalue weighted by Gasteiger charge is -2.35. The van der Waals surface area contributed by atoms with Gasteiger partial charge in [-0.3, -0.25) is 9.67 Å². The zero-order valence-corrected chi connectivity index (χ0v) is 19.9. The lowest BCUT2D eigenvalue weighted by Crippen LogP contribution is -2.42. The van der Waals surface area contributed by atoms with Crippen molar-refractivity contribution in [2.45, 2.75) is 57.4 Å². The van der Waals surface area contributed by atoms with E-state index in [1.807, 2.05) is 0 Å². The molecule has 2 aliphatic rings. The van der Waals surface area contributed by atoms with Crippen LogP contribution in [0.15, 0.2) is 41.8 Å². The Hall–Kier alpha value is -3.58. The van der Waals surface area contributed by atoms with Crippen LogP contribution in [0.4, 0.5) is 38.1 Å². The molecule has 0 saturated carbocycles. The molecule has 5 rings (SSSR count). The van der Waals surface area contributed by atoms with Gasteiger partial charge in [-0.1, -0.05) is 6.08 Å². The maximum absolute atomic E-state index is 13.1. The van der Waals surface area contributed by atoms with Crippen LogP contribution in [0.2, 0.25) is 0 Å². The second kappa shape index (κ2) is 9.06. The number of anilines is 2. The second-order valence-electron chi connectivity index (χ2n) is 9.36. The molecule has 5 heterocycles. The summed E-state index contributed by atoms with van der Waals surface area (Å²) in [4.78, 5) is 14.3. The molecule has 198 valence electrons. The Kier molecular flexibility index (Phi) is 6.15. The van der Waals surface area contributed by atoms with Crippen LogP contribution in [-0.4, -0.2) is 61.5 Å². The molecule has 3 unspecified atom stereocenters. The Labute approximate surface area is 207 Å². The van der Waals surface area contributed by atoms with Gasteiger partial charge in [0, 0.05) is 50.6 Å². The van der Waals surface area contributed by atoms with Crippen molar-refractivity contribution in [2.75, 3.05) is 17.3 Å². The number of rotatable bonds is 6. The Morgan fingerprint density at radius 3 is 2.62 bits per heavy atom. The molecule has 0 radical (unpaired) electrons. The lowest BCUT2D eigenvalue weighted by molar-refractivity contribution is -0.139. The fourth-order valence-corrected chi connectivity index (χ4v) is 4.66. The highest BCUT2D eigenvalue weighted by atomic mass is 19.4. The van der Waals surface area contributed by atoms with Crippen molar-refractivity contribution in [3.63, 3.8) is 0 Å². The van der Waals surface area contributed by atoms with Gasteiger partial charge in [-0.25, -0.2) is 4.98 Å². The monoisotopic (exact) mass is 526 g/mol. The third-order valence-electron chi connectivity index (χ3n) is 6.64. The lowest BCUT2D eigenvalue weighted by atomic mass is 9.97. The number of hydrogen-bond donors (Lipinski definition) is 1. The average Bonchev–Trinajstić information content (AvgIpc) is 3.42. The summed E-state index contributed by atoms with van der Waals surface area (Å²) in [5, 5.41) is 7.39. The van der Waals surface area contributed by atoms with Gasteiger partial charge in [0.25, 0.3) is 0 Å². The Morgan fingerprint density at radius 2 is 1.92 bits per heavy atom. The molecule has 37 heavy (non-hydrogen) atoms. The van der Waals surface area contributed by atoms with Gasteiger partial charge in [0.05, 0.1) is 30.2 Å². The average molecular weight is 526 g/mol. The van der Waals surface area contributed by atoms with E-state index < -0.39 is 36.6 Å². The van der Waals surface area contributed by atoms with E-state index in [1.165, 1.54) is 6.08 Å². The fraction of sp³-hybridized carbons (Fsp3) is 0.478. The van der Waals surface area contributed by atoms with Gasteiger partial charge < -0.3 is 14.8 Å². The first-order chi connectivity index (χ1) is 17.4. The summed E-state index contributed by atoms with van der Waals surface area (Å²) in [7, 11) is 1.60. The molecular weight excluding hydrogens is 502 g/mol. The van der Waals surface area contributed by atoms with Crippen molar-refractivity contribution in [2.24, 2.45) is 10.9 Å². The zero-order chi connectivity index (χ0) is 26.5. The third kappa shape index (κ3) is 5.27. The van der Waals surface area contributed by atoms with Gasteiger partial charge in [0.1, 0.15) is 11.2 Å². The third-order valence-corrected chi connectivity index (χ3v) is 6.64. The zero-order valence-electron chi connectivity index (χ0n) is 19.9. The van der Waals surface area contributed by atoms with Crippen LogP contribution < -0.4 is 10.2 Å². The van der Waals surface area contributed by atoms with E-state index in [1.54, 1.807) is 52.8 Å². The van der Waals surface area contributed by atoms with Crippen LogP contribution in [0.25, 0.3) is 11.0 Å². The molecule has 0 bridgehead atoms. The van der Waals surface area contributed by atoms with Crippen LogP contribution in [-0.2, 0) is 19.6 Å². The van der Waals surface area contributed by atoms with Crippen molar-refractivity contribution in [3.8, 4) is 0 Å². The smallest absolute Gasteiger partial charge is 0.353 e. The largest absolute Gasteiger partial charge is 0.432 e. The van der Waals surface area contributed by atoms with Crippen molar-refractivity contribution < 1.29 is 26.3 Å². The molecule has 0 aromatic carbocycles. The van der Waals surface area contributed by atoms with Crippen molar-refractivity contribution in [3.05, 3.63) is 42.4 Å². The Balaban J connectivity index is 1.26. The van der Waals surface area contributed by atoms with E-state index >= 15 is 0 Å². The van der Waals surface area contributed by atoms with Crippen LogP contribution in [0.5, 0.6) is 0 Å². The van der Waals surface area contributed by atoms with Crippen LogP contribution in [0, 0.1) is 5.92 Å². The molecule has 0 amide bonds. The van der Waals surface area contributed by atoms with Crippen molar-refractivity contribution in [1.82, 2.24) is 24.3 Å². The highest BCUT2D eigenvalue weighted by Crippen LogP contribution is 2.35. The molecule has 8 nitrogen and oxygen atoms in total. The summed E-state index contributed by atoms with van der Waals surface area (Å²) < 4.78 is 81.3. The first-order valence-corrected chi connectivity index (χ1v) is 11.6. The van der Waals surface area contributed by atoms with E-state index in [4.69, 9.17) is 0 Å². The summed E-state index contributed by atoms with van der Waals surface area (Å²) in [5.74, 6) is 0.450. The van der Waals surface area contributed by atoms with Crippen LogP contribution >= 0.6 is 0 Å². The standard InChI is InChI=1S/C23H24F6N8/c1-13-15(3-4-18(32-13)23(27,28)29)11-37-10-14(9-31-37)8-30-21-33-17-5-6-36-12-16(7-22(24,25)26)35(2)20(34-21)19(17)36/h3-6,9-10,13,15-16H,7-8,11-12H2,1-2H3,(H,30,33,34). The fourth-order valence-electron chi connectivity index (χ4n) is 4.66. The highest BCUT2D eigenvalue weighted by Gasteiger charge is 2.38. The molecule has 3 aromatic heterocycles. The molecule has 0 fully saturated rings. The molecular formula is C23H24F6N8. The first-order valence-electron chi connectivity index (χ1n) is 11.6. The van der Waals surface area contributed by atoms with Gasteiger partial charge >= 0.3 is 12.4 Å². The van der Waals surface area contributed by atoms with Crippen LogP contribution in [0.1, 0.15) is 18.9 Å². The number of dihydropyridines is 1. The number of alkyl halides is 6. The normalized spacial score (nSPS) is 22.0. The SMILES string of the molecule is CC1N=C(C(F)(F)F)C=CC1Cn1cc(CNc2nc3c4c(ccn4CC(CC(F)(F)F)N3C)n2)cn1. The van der Waals surface area contributed by atoms with E-state index in [0.29, 0.717) is 29.9 Å². The minimum atomic E-state index is -4.47. The summed E-state index contributed by atoms with van der Waals surface area (Å²) in [6.07, 6.45) is -2.11. The number of allylic oxidation sites excluding steroid dienone is 1. The van der Waals surface area contributed by atoms with Gasteiger partial charge in [-0.2, -0.15) is 36.4 Å². The number of halogens is 6. The van der Waals surface area contributed by atoms with Crippen LogP contribution in [0.3, 0.4) is 0 Å². The van der Waals surface area contributed by atoms with Crippen molar-refractivity contribution >= 4 is 28.5 Å². The minimum Gasteiger partial charge on any atom is -0.353 e. The number of aromatic nitrogens is 5. The van der Waals surface area contributed by atoms with Gasteiger partial charge in [-0.05, 0) is 19.1 Å². The summed E-state index contributed by atoms with van der Waals surface area (Å²) in [5.41, 5.74) is 1.20. The summed E-state index contributed by atoms with van der Waals surface area (Å²) >= 11 is 0. The number of hydrogen-bond acceptors (Lipinski definition) is 6. The van der Waals surface area contributed by atoms with E-state index in [2.05, 4.69) is 25.4 Å². The number of aliphatic imine (C=N–C) groups is 1. The molecule has 2 aliphatic heterocycles. The van der Waals surface area contributed by atoms with E-state index in [-0.39, 0.29) is 18.4 Å². The van der Waals surface area contributed by atoms with E-state index in [0.717, 1.165) is 11.6 Å². The van der Waals surface area contributed by atoms with Gasteiger partial charge in [0.15, 0.2) is 5.82 Å². The first kappa shape index (κ1) is 25.1. The topological polar surface area (TPSA) is 76.2 Å². The minimum absolute atomic E-state index is 0.194. The number of nitrogens with one attached hydrogen (secondary N) is 1. The van der Waals surface area contributed by atoms with Crippen molar-refractivity contribution in [1.29, 1.82) is 0 Å². The Bertz CT molecular complexity index is 1350. The Morgan fingerprint density at radius 1 is 1.14 bits per heavy atom. The molecule has 0 saturated heterocycles. The maximum atomic E-state index is 13.1. The molecule has 14 heteroatoms.